The van der Waals surface area contributed by atoms with Crippen LogP contribution in [0.5, 0.6) is 0 Å². The third kappa shape index (κ3) is 13.6. The molecule has 0 radical (unpaired) electrons. The standard InChI is InChI=1S/C39H54N8O11/c1-6-56-37(52)25(3)42-33(49)23-45-14-12-40-13-15-46(24-34(50)43-26(4)38(53)57-7-2)17-19-47(18-16-45)22-32(48)41-21-28-9-10-29-35(51)30-20-27(39(54)55-5)8-11-31(30)58-36(29)44-28/h8-11,20,25-26,40H,6-7,12-19,21-24H2,1-5H3,(H,41,48)(H,42,49)(H,43,50)/t25-,26-/m0/s1. The summed E-state index contributed by atoms with van der Waals surface area (Å²) in [6.07, 6.45) is 0. The molecule has 4 N–H and O–H groups in total. The summed E-state index contributed by atoms with van der Waals surface area (Å²) >= 11 is 0. The van der Waals surface area contributed by atoms with Gasteiger partial charge in [-0.25, -0.2) is 19.4 Å². The van der Waals surface area contributed by atoms with Gasteiger partial charge in [0.05, 0.1) is 68.5 Å². The molecule has 3 aromatic rings. The minimum absolute atomic E-state index is 0.0158. The van der Waals surface area contributed by atoms with Crippen LogP contribution in [-0.2, 0) is 44.7 Å². The number of aromatic nitrogens is 1. The highest BCUT2D eigenvalue weighted by molar-refractivity contribution is 5.96. The Morgan fingerprint density at radius 3 is 1.83 bits per heavy atom. The molecule has 0 aliphatic carbocycles. The zero-order valence-electron chi connectivity index (χ0n) is 33.7. The van der Waals surface area contributed by atoms with Gasteiger partial charge in [0.25, 0.3) is 0 Å². The van der Waals surface area contributed by atoms with E-state index in [0.717, 1.165) is 0 Å². The summed E-state index contributed by atoms with van der Waals surface area (Å²) < 4.78 is 20.7. The van der Waals surface area contributed by atoms with Gasteiger partial charge >= 0.3 is 17.9 Å². The van der Waals surface area contributed by atoms with Crippen LogP contribution in [-0.4, -0.2) is 160 Å². The van der Waals surface area contributed by atoms with Crippen LogP contribution in [0.4, 0.5) is 0 Å². The molecule has 3 amide bonds. The van der Waals surface area contributed by atoms with Crippen molar-refractivity contribution in [2.45, 2.75) is 46.3 Å². The molecule has 19 nitrogen and oxygen atoms in total. The van der Waals surface area contributed by atoms with Gasteiger partial charge in [-0.1, -0.05) is 0 Å². The van der Waals surface area contributed by atoms with E-state index in [1.807, 2.05) is 14.7 Å². The summed E-state index contributed by atoms with van der Waals surface area (Å²) in [6.45, 7) is 10.6. The molecular formula is C39H54N8O11. The molecule has 2 aromatic heterocycles. The average Bonchev–Trinajstić information content (AvgIpc) is 3.19. The van der Waals surface area contributed by atoms with E-state index in [0.29, 0.717) is 58.1 Å². The number of hydrogen-bond donors (Lipinski definition) is 4. The molecule has 19 heteroatoms. The Morgan fingerprint density at radius 2 is 1.29 bits per heavy atom. The van der Waals surface area contributed by atoms with Gasteiger partial charge in [0.2, 0.25) is 28.9 Å². The highest BCUT2D eigenvalue weighted by atomic mass is 16.5. The van der Waals surface area contributed by atoms with Crippen molar-refractivity contribution in [3.05, 3.63) is 51.8 Å². The van der Waals surface area contributed by atoms with Gasteiger partial charge in [-0.05, 0) is 58.0 Å². The van der Waals surface area contributed by atoms with Crippen molar-refractivity contribution in [1.82, 2.24) is 41.0 Å². The molecule has 1 fully saturated rings. The number of ether oxygens (including phenoxy) is 3. The summed E-state index contributed by atoms with van der Waals surface area (Å²) in [7, 11) is 1.25. The molecule has 2 atom stereocenters. The Morgan fingerprint density at radius 1 is 0.759 bits per heavy atom. The third-order valence-corrected chi connectivity index (χ3v) is 9.29. The molecule has 58 heavy (non-hydrogen) atoms. The predicted octanol–water partition coefficient (Wildman–Crippen LogP) is -0.611. The van der Waals surface area contributed by atoms with Crippen molar-refractivity contribution in [2.24, 2.45) is 0 Å². The monoisotopic (exact) mass is 810 g/mol. The van der Waals surface area contributed by atoms with Crippen LogP contribution in [0.2, 0.25) is 0 Å². The first-order valence-corrected chi connectivity index (χ1v) is 19.3. The quantitative estimate of drug-likeness (QED) is 0.0852. The van der Waals surface area contributed by atoms with E-state index >= 15 is 0 Å². The second kappa shape index (κ2) is 22.4. The van der Waals surface area contributed by atoms with Gasteiger partial charge in [0.15, 0.2) is 0 Å². The molecule has 4 rings (SSSR count). The topological polar surface area (TPSA) is 231 Å². The fourth-order valence-corrected chi connectivity index (χ4v) is 6.17. The lowest BCUT2D eigenvalue weighted by molar-refractivity contribution is -0.147. The summed E-state index contributed by atoms with van der Waals surface area (Å²) in [6, 6.07) is 5.95. The maximum atomic E-state index is 13.4. The van der Waals surface area contributed by atoms with Crippen molar-refractivity contribution in [2.75, 3.05) is 92.3 Å². The van der Waals surface area contributed by atoms with Crippen molar-refractivity contribution in [3.63, 3.8) is 0 Å². The number of fused-ring (bicyclic) bond motifs is 2. The van der Waals surface area contributed by atoms with E-state index in [4.69, 9.17) is 18.6 Å². The largest absolute Gasteiger partial charge is 0.465 e. The van der Waals surface area contributed by atoms with Crippen LogP contribution < -0.4 is 26.7 Å². The van der Waals surface area contributed by atoms with Crippen molar-refractivity contribution in [1.29, 1.82) is 0 Å². The molecule has 1 aliphatic rings. The molecule has 1 aromatic carbocycles. The molecular weight excluding hydrogens is 756 g/mol. The van der Waals surface area contributed by atoms with Crippen LogP contribution in [0.1, 0.15) is 43.7 Å². The number of methoxy groups -OCH3 is 1. The van der Waals surface area contributed by atoms with E-state index in [9.17, 15) is 33.6 Å². The highest BCUT2D eigenvalue weighted by Gasteiger charge is 2.23. The van der Waals surface area contributed by atoms with Crippen LogP contribution in [0.15, 0.2) is 39.5 Å². The van der Waals surface area contributed by atoms with E-state index in [2.05, 4.69) is 26.3 Å². The van der Waals surface area contributed by atoms with E-state index in [1.165, 1.54) is 25.3 Å². The van der Waals surface area contributed by atoms with Gasteiger partial charge in [0.1, 0.15) is 17.7 Å². The van der Waals surface area contributed by atoms with Gasteiger partial charge in [-0.15, -0.1) is 0 Å². The SMILES string of the molecule is CCOC(=O)[C@H](C)NC(=O)CN1CCNCCN(CC(=O)N[C@@H](C)C(=O)OCC)CCN(CC(=O)NCc2ccc3c(=O)c4cc(C(=O)OC)ccc4oc3n2)CC1. The minimum Gasteiger partial charge on any atom is -0.465 e. The Balaban J connectivity index is 1.44. The molecule has 0 unspecified atom stereocenters. The summed E-state index contributed by atoms with van der Waals surface area (Å²) in [5, 5.41) is 12.0. The fourth-order valence-electron chi connectivity index (χ4n) is 6.17. The van der Waals surface area contributed by atoms with E-state index in [-0.39, 0.29) is 90.2 Å². The number of benzene rings is 1. The first-order chi connectivity index (χ1) is 27.8. The van der Waals surface area contributed by atoms with Crippen LogP contribution >= 0.6 is 0 Å². The van der Waals surface area contributed by atoms with Crippen LogP contribution in [0.3, 0.4) is 0 Å². The smallest absolute Gasteiger partial charge is 0.337 e. The molecule has 0 saturated carbocycles. The molecule has 1 aliphatic heterocycles. The van der Waals surface area contributed by atoms with Crippen molar-refractivity contribution >= 4 is 57.7 Å². The van der Waals surface area contributed by atoms with Gasteiger partial charge in [0, 0.05) is 52.4 Å². The van der Waals surface area contributed by atoms with Gasteiger partial charge in [-0.2, -0.15) is 0 Å². The number of hydrogen-bond acceptors (Lipinski definition) is 16. The van der Waals surface area contributed by atoms with Gasteiger partial charge in [-0.3, -0.25) is 33.9 Å². The summed E-state index contributed by atoms with van der Waals surface area (Å²) in [4.78, 5) is 98.9. The molecule has 1 saturated heterocycles. The van der Waals surface area contributed by atoms with Gasteiger partial charge < -0.3 is 39.9 Å². The van der Waals surface area contributed by atoms with Crippen molar-refractivity contribution in [3.8, 4) is 0 Å². The number of pyridine rings is 1. The lowest BCUT2D eigenvalue weighted by Gasteiger charge is -2.31. The van der Waals surface area contributed by atoms with Crippen molar-refractivity contribution < 1.29 is 47.4 Å². The number of esters is 3. The Labute approximate surface area is 336 Å². The first kappa shape index (κ1) is 45.2. The number of carbonyl (C=O) groups is 6. The molecule has 3 heterocycles. The Bertz CT molecular complexity index is 1940. The molecule has 316 valence electrons. The van der Waals surface area contributed by atoms with E-state index < -0.39 is 30.0 Å². The first-order valence-electron chi connectivity index (χ1n) is 19.3. The number of nitrogens with zero attached hydrogens (tertiary/aromatic N) is 4. The second-order valence-electron chi connectivity index (χ2n) is 13.7. The maximum Gasteiger partial charge on any atom is 0.337 e. The number of carbonyl (C=O) groups excluding carboxylic acids is 6. The third-order valence-electron chi connectivity index (χ3n) is 9.29. The minimum atomic E-state index is -0.810. The van der Waals surface area contributed by atoms with E-state index in [1.54, 1.807) is 39.8 Å². The lowest BCUT2D eigenvalue weighted by Crippen LogP contribution is -2.51. The predicted molar refractivity (Wildman–Crippen MR) is 212 cm³/mol. The van der Waals surface area contributed by atoms with Crippen LogP contribution in [0, 0.1) is 0 Å². The summed E-state index contributed by atoms with van der Waals surface area (Å²) in [5.74, 6) is -2.63. The number of amides is 3. The highest BCUT2D eigenvalue weighted by Crippen LogP contribution is 2.19. The summed E-state index contributed by atoms with van der Waals surface area (Å²) in [5.41, 5.74) is 0.607. The molecule has 0 spiro atoms. The normalized spacial score (nSPS) is 15.9. The maximum absolute atomic E-state index is 13.4. The fraction of sp³-hybridized carbons (Fsp3) is 0.538. The van der Waals surface area contributed by atoms with Crippen LogP contribution in [0.25, 0.3) is 22.1 Å². The number of nitrogens with one attached hydrogen (secondary N) is 4. The molecule has 0 bridgehead atoms. The Kier molecular flexibility index (Phi) is 17.5. The average molecular weight is 811 g/mol. The second-order valence-corrected chi connectivity index (χ2v) is 13.7. The number of rotatable bonds is 15. The Hall–Kier alpha value is -5.50. The zero-order valence-corrected chi connectivity index (χ0v) is 33.7. The zero-order chi connectivity index (χ0) is 42.2. The lowest BCUT2D eigenvalue weighted by atomic mass is 10.1.